The van der Waals surface area contributed by atoms with E-state index in [1.54, 1.807) is 30.3 Å². The zero-order valence-corrected chi connectivity index (χ0v) is 19.0. The molecule has 0 saturated heterocycles. The number of aromatic nitrogens is 1. The van der Waals surface area contributed by atoms with E-state index in [-0.39, 0.29) is 23.9 Å². The normalized spacial score (nSPS) is 15.7. The minimum absolute atomic E-state index is 0.0839. The molecule has 1 amide bonds. The van der Waals surface area contributed by atoms with Crippen LogP contribution in [0.2, 0.25) is 0 Å². The van der Waals surface area contributed by atoms with Crippen LogP contribution in [-0.4, -0.2) is 79.9 Å². The molecule has 10 nitrogen and oxygen atoms in total. The van der Waals surface area contributed by atoms with Crippen molar-refractivity contribution in [1.29, 1.82) is 0 Å². The fourth-order valence-electron chi connectivity index (χ4n) is 2.74. The highest BCUT2D eigenvalue weighted by molar-refractivity contribution is 7.92. The van der Waals surface area contributed by atoms with Crippen LogP contribution in [-0.2, 0) is 14.8 Å². The van der Waals surface area contributed by atoms with Crippen LogP contribution in [0.3, 0.4) is 0 Å². The van der Waals surface area contributed by atoms with E-state index in [2.05, 4.69) is 10.3 Å². The summed E-state index contributed by atoms with van der Waals surface area (Å²) in [6.07, 6.45) is -3.00. The Kier molecular flexibility index (Phi) is 8.91. The first-order chi connectivity index (χ1) is 14.6. The van der Waals surface area contributed by atoms with Gasteiger partial charge in [-0.05, 0) is 12.0 Å². The number of hydrogen-bond donors (Lipinski definition) is 4. The number of nitrogens with one attached hydrogen (secondary N) is 1. The van der Waals surface area contributed by atoms with Gasteiger partial charge >= 0.3 is 0 Å². The van der Waals surface area contributed by atoms with E-state index in [1.807, 2.05) is 0 Å². The van der Waals surface area contributed by atoms with Gasteiger partial charge in [0.05, 0.1) is 18.4 Å². The van der Waals surface area contributed by atoms with Crippen molar-refractivity contribution in [2.24, 2.45) is 0 Å². The Balaban J connectivity index is 2.26. The van der Waals surface area contributed by atoms with Crippen LogP contribution in [0.1, 0.15) is 28.6 Å². The third kappa shape index (κ3) is 6.69. The molecule has 1 aromatic carbocycles. The number of rotatable bonds is 11. The fraction of sp³-hybridized carbons (Fsp3) is 0.474. The summed E-state index contributed by atoms with van der Waals surface area (Å²) in [6.45, 7) is 0.174. The van der Waals surface area contributed by atoms with Gasteiger partial charge in [0.2, 0.25) is 10.0 Å². The lowest BCUT2D eigenvalue weighted by Gasteiger charge is -2.31. The molecule has 0 fully saturated rings. The second-order valence-electron chi connectivity index (χ2n) is 6.94. The second-order valence-corrected chi connectivity index (χ2v) is 9.79. The summed E-state index contributed by atoms with van der Waals surface area (Å²) in [4.78, 5) is 16.8. The first-order valence-electron chi connectivity index (χ1n) is 9.34. The number of hydrogen-bond acceptors (Lipinski definition) is 9. The number of sulfonamides is 1. The van der Waals surface area contributed by atoms with E-state index in [9.17, 15) is 28.5 Å². The van der Waals surface area contributed by atoms with Crippen LogP contribution >= 0.6 is 11.3 Å². The molecule has 0 aliphatic carbocycles. The molecule has 0 saturated carbocycles. The highest BCUT2D eigenvalue weighted by Crippen LogP contribution is 2.24. The average molecular weight is 474 g/mol. The smallest absolute Gasteiger partial charge is 0.271 e. The van der Waals surface area contributed by atoms with Crippen molar-refractivity contribution in [3.05, 3.63) is 47.0 Å². The van der Waals surface area contributed by atoms with Crippen LogP contribution in [0.4, 0.5) is 5.13 Å². The quantitative estimate of drug-likeness (QED) is 0.360. The Labute approximate surface area is 185 Å². The number of amides is 1. The molecule has 0 aliphatic rings. The maximum atomic E-state index is 12.8. The number of anilines is 1. The van der Waals surface area contributed by atoms with Crippen molar-refractivity contribution < 1.29 is 33.3 Å². The molecule has 2 rings (SSSR count). The predicted octanol–water partition coefficient (Wildman–Crippen LogP) is 0.129. The molecule has 1 aromatic heterocycles. The molecule has 4 atom stereocenters. The first-order valence-corrected chi connectivity index (χ1v) is 12.1. The molecule has 31 heavy (non-hydrogen) atoms. The van der Waals surface area contributed by atoms with E-state index in [4.69, 9.17) is 4.74 Å². The predicted molar refractivity (Wildman–Crippen MR) is 117 cm³/mol. The number of carbonyl (C=O) groups excluding carboxylic acids is 1. The Morgan fingerprint density at radius 3 is 2.48 bits per heavy atom. The maximum Gasteiger partial charge on any atom is 0.271 e. The van der Waals surface area contributed by atoms with Crippen LogP contribution in [0.15, 0.2) is 35.7 Å². The van der Waals surface area contributed by atoms with Crippen molar-refractivity contribution in [2.45, 2.75) is 30.8 Å². The van der Waals surface area contributed by atoms with Gasteiger partial charge in [-0.2, -0.15) is 0 Å². The van der Waals surface area contributed by atoms with Gasteiger partial charge in [0, 0.05) is 26.1 Å². The Hall–Kier alpha value is -2.09. The second kappa shape index (κ2) is 11.0. The lowest BCUT2D eigenvalue weighted by Crippen LogP contribution is -2.52. The number of methoxy groups -OCH3 is 1. The minimum atomic E-state index is -3.55. The average Bonchev–Trinajstić information content (AvgIpc) is 3.24. The standard InChI is InChI=1S/C19H27N3O7S2/c1-22(31(3,27)28)19-20-13(11-30-19)18(26)21-15(17(25)14(23)9-10-29-2)16(24)12-7-5-4-6-8-12/h4-8,11,14-17,23-25H,9-10H2,1-3H3,(H,21,26). The third-order valence-corrected chi connectivity index (χ3v) is 6.85. The summed E-state index contributed by atoms with van der Waals surface area (Å²) in [6, 6.07) is 7.13. The van der Waals surface area contributed by atoms with E-state index >= 15 is 0 Å². The van der Waals surface area contributed by atoms with Gasteiger partial charge in [-0.1, -0.05) is 30.3 Å². The number of thiazole rings is 1. The van der Waals surface area contributed by atoms with Gasteiger partial charge in [0.25, 0.3) is 5.91 Å². The molecular formula is C19H27N3O7S2. The van der Waals surface area contributed by atoms with Crippen molar-refractivity contribution in [1.82, 2.24) is 10.3 Å². The van der Waals surface area contributed by atoms with Crippen LogP contribution in [0, 0.1) is 0 Å². The highest BCUT2D eigenvalue weighted by atomic mass is 32.2. The third-order valence-electron chi connectivity index (χ3n) is 4.65. The minimum Gasteiger partial charge on any atom is -0.390 e. The Morgan fingerprint density at radius 2 is 1.90 bits per heavy atom. The van der Waals surface area contributed by atoms with Gasteiger partial charge < -0.3 is 25.4 Å². The van der Waals surface area contributed by atoms with Crippen LogP contribution in [0.5, 0.6) is 0 Å². The molecule has 0 bridgehead atoms. The molecular weight excluding hydrogens is 446 g/mol. The summed E-state index contributed by atoms with van der Waals surface area (Å²) in [5, 5.41) is 35.7. The van der Waals surface area contributed by atoms with Gasteiger partial charge in [-0.25, -0.2) is 17.7 Å². The monoisotopic (exact) mass is 473 g/mol. The SMILES string of the molecule is COCCC(O)C(O)C(NC(=O)c1csc(N(C)S(C)(=O)=O)n1)C(O)c1ccccc1. The number of ether oxygens (including phenoxy) is 1. The van der Waals surface area contributed by atoms with Crippen LogP contribution < -0.4 is 9.62 Å². The summed E-state index contributed by atoms with van der Waals surface area (Å²) in [5.74, 6) is -0.734. The Morgan fingerprint density at radius 1 is 1.26 bits per heavy atom. The summed E-state index contributed by atoms with van der Waals surface area (Å²) in [7, 11) is -0.788. The largest absolute Gasteiger partial charge is 0.390 e. The molecule has 12 heteroatoms. The number of carbonyl (C=O) groups is 1. The highest BCUT2D eigenvalue weighted by Gasteiger charge is 2.34. The fourth-order valence-corrected chi connectivity index (χ4v) is 4.27. The Bertz CT molecular complexity index is 952. The molecule has 4 N–H and O–H groups in total. The zero-order chi connectivity index (χ0) is 23.2. The lowest BCUT2D eigenvalue weighted by molar-refractivity contribution is -0.0466. The van der Waals surface area contributed by atoms with Crippen molar-refractivity contribution >= 4 is 32.4 Å². The molecule has 0 radical (unpaired) electrons. The number of aliphatic hydroxyl groups excluding tert-OH is 3. The maximum absolute atomic E-state index is 12.8. The van der Waals surface area contributed by atoms with E-state index in [1.165, 1.54) is 19.5 Å². The molecule has 0 spiro atoms. The van der Waals surface area contributed by atoms with Gasteiger partial charge in [0.15, 0.2) is 5.13 Å². The van der Waals surface area contributed by atoms with Crippen molar-refractivity contribution in [3.63, 3.8) is 0 Å². The van der Waals surface area contributed by atoms with Crippen molar-refractivity contribution in [3.8, 4) is 0 Å². The van der Waals surface area contributed by atoms with Crippen LogP contribution in [0.25, 0.3) is 0 Å². The molecule has 4 unspecified atom stereocenters. The summed E-state index contributed by atoms with van der Waals surface area (Å²) < 4.78 is 29.2. The van der Waals surface area contributed by atoms with E-state index in [0.717, 1.165) is 21.9 Å². The number of benzene rings is 1. The number of aliphatic hydroxyl groups is 3. The van der Waals surface area contributed by atoms with Crippen molar-refractivity contribution in [2.75, 3.05) is 31.3 Å². The molecule has 0 aliphatic heterocycles. The van der Waals surface area contributed by atoms with Gasteiger partial charge in [-0.15, -0.1) is 11.3 Å². The van der Waals surface area contributed by atoms with Gasteiger partial charge in [-0.3, -0.25) is 4.79 Å². The number of nitrogens with zero attached hydrogens (tertiary/aromatic N) is 2. The lowest BCUT2D eigenvalue weighted by atomic mass is 9.93. The molecule has 1 heterocycles. The molecule has 2 aromatic rings. The summed E-state index contributed by atoms with van der Waals surface area (Å²) >= 11 is 0.954. The van der Waals surface area contributed by atoms with E-state index < -0.39 is 40.3 Å². The zero-order valence-electron chi connectivity index (χ0n) is 17.4. The topological polar surface area (TPSA) is 149 Å². The van der Waals surface area contributed by atoms with E-state index in [0.29, 0.717) is 5.56 Å². The summed E-state index contributed by atoms with van der Waals surface area (Å²) in [5.41, 5.74) is 0.348. The molecule has 172 valence electrons. The van der Waals surface area contributed by atoms with Gasteiger partial charge in [0.1, 0.15) is 17.9 Å². The first kappa shape index (κ1) is 25.2.